The lowest BCUT2D eigenvalue weighted by Crippen LogP contribution is -2.40. The van der Waals surface area contributed by atoms with Crippen molar-refractivity contribution in [2.75, 3.05) is 6.61 Å². The molecule has 0 saturated heterocycles. The van der Waals surface area contributed by atoms with Gasteiger partial charge in [-0.2, -0.15) is 5.10 Å². The molecule has 1 N–H and O–H groups in total. The summed E-state index contributed by atoms with van der Waals surface area (Å²) in [5.41, 5.74) is 1.44. The lowest BCUT2D eigenvalue weighted by Gasteiger charge is -2.30. The molecule has 0 radical (unpaired) electrons. The summed E-state index contributed by atoms with van der Waals surface area (Å²) in [7, 11) is 1.92. The number of nitrogens with zero attached hydrogens (tertiary/aromatic N) is 2. The summed E-state index contributed by atoms with van der Waals surface area (Å²) in [5.74, 6) is 0. The van der Waals surface area contributed by atoms with Gasteiger partial charge in [0.25, 0.3) is 0 Å². The number of fused-ring (bicyclic) bond motifs is 1. The normalized spacial score (nSPS) is 13.9. The molecule has 1 aromatic heterocycles. The minimum Gasteiger partial charge on any atom is -0.390 e. The molecule has 0 aliphatic rings. The molecule has 2 aromatic rings. The third-order valence-corrected chi connectivity index (χ3v) is 3.54. The van der Waals surface area contributed by atoms with E-state index in [0.717, 1.165) is 16.6 Å². The van der Waals surface area contributed by atoms with E-state index < -0.39 is 11.7 Å². The van der Waals surface area contributed by atoms with Crippen LogP contribution in [0.5, 0.6) is 0 Å². The molecule has 0 aliphatic carbocycles. The fourth-order valence-corrected chi connectivity index (χ4v) is 2.34. The van der Waals surface area contributed by atoms with Crippen molar-refractivity contribution in [1.29, 1.82) is 0 Å². The van der Waals surface area contributed by atoms with Gasteiger partial charge in [-0.25, -0.2) is 0 Å². The van der Waals surface area contributed by atoms with Crippen LogP contribution in [0, 0.1) is 0 Å². The molecule has 0 saturated carbocycles. The van der Waals surface area contributed by atoms with E-state index >= 15 is 0 Å². The summed E-state index contributed by atoms with van der Waals surface area (Å²) in [6.07, 6.45) is -0.0836. The van der Waals surface area contributed by atoms with Gasteiger partial charge < -0.3 is 9.84 Å². The Hall–Kier alpha value is -1.39. The fourth-order valence-electron chi connectivity index (χ4n) is 2.34. The molecule has 1 heterocycles. The number of benzene rings is 1. The van der Waals surface area contributed by atoms with Crippen LogP contribution in [0.2, 0.25) is 0 Å². The van der Waals surface area contributed by atoms with Crippen molar-refractivity contribution in [1.82, 2.24) is 9.78 Å². The fraction of sp³-hybridized carbons (Fsp3) is 0.533. The van der Waals surface area contributed by atoms with Crippen molar-refractivity contribution >= 4 is 10.9 Å². The Balaban J connectivity index is 2.27. The predicted molar refractivity (Wildman–Crippen MR) is 76.1 cm³/mol. The maximum atomic E-state index is 10.4. The number of para-hydroxylation sites is 1. The Kier molecular flexibility index (Phi) is 3.92. The second kappa shape index (κ2) is 5.31. The summed E-state index contributed by atoms with van der Waals surface area (Å²) in [6.45, 7) is 6.34. The maximum absolute atomic E-state index is 10.4. The van der Waals surface area contributed by atoms with Crippen molar-refractivity contribution in [2.45, 2.75) is 38.9 Å². The third-order valence-electron chi connectivity index (χ3n) is 3.54. The summed E-state index contributed by atoms with van der Waals surface area (Å²) in [4.78, 5) is 0. The van der Waals surface area contributed by atoms with Crippen molar-refractivity contribution < 1.29 is 9.84 Å². The topological polar surface area (TPSA) is 47.3 Å². The minimum atomic E-state index is -0.578. The van der Waals surface area contributed by atoms with E-state index in [0.29, 0.717) is 13.0 Å². The molecule has 0 amide bonds. The highest BCUT2D eigenvalue weighted by Crippen LogP contribution is 2.23. The Morgan fingerprint density at radius 1 is 1.37 bits per heavy atom. The molecule has 1 atom stereocenters. The highest BCUT2D eigenvalue weighted by Gasteiger charge is 2.29. The quantitative estimate of drug-likeness (QED) is 0.899. The van der Waals surface area contributed by atoms with E-state index in [-0.39, 0.29) is 0 Å². The molecule has 104 valence electrons. The smallest absolute Gasteiger partial charge is 0.0887 e. The summed E-state index contributed by atoms with van der Waals surface area (Å²) < 4.78 is 7.45. The largest absolute Gasteiger partial charge is 0.390 e. The van der Waals surface area contributed by atoms with E-state index in [4.69, 9.17) is 4.74 Å². The predicted octanol–water partition coefficient (Wildman–Crippen LogP) is 2.29. The van der Waals surface area contributed by atoms with Crippen molar-refractivity contribution in [2.24, 2.45) is 7.05 Å². The average Bonchev–Trinajstić information content (AvgIpc) is 2.67. The Bertz CT molecular complexity index is 560. The highest BCUT2D eigenvalue weighted by atomic mass is 16.5. The van der Waals surface area contributed by atoms with Crippen LogP contribution in [0.25, 0.3) is 10.9 Å². The number of aryl methyl sites for hydroxylation is 1. The second-order valence-electron chi connectivity index (χ2n) is 5.34. The van der Waals surface area contributed by atoms with Crippen LogP contribution in [-0.2, 0) is 18.2 Å². The molecule has 19 heavy (non-hydrogen) atoms. The first-order valence-electron chi connectivity index (χ1n) is 6.68. The molecule has 0 spiro atoms. The monoisotopic (exact) mass is 262 g/mol. The van der Waals surface area contributed by atoms with E-state index in [2.05, 4.69) is 5.10 Å². The summed E-state index contributed by atoms with van der Waals surface area (Å²) in [5, 5.41) is 16.0. The number of ether oxygens (including phenoxy) is 1. The van der Waals surface area contributed by atoms with Gasteiger partial charge in [0.15, 0.2) is 0 Å². The molecule has 4 heteroatoms. The molecular formula is C15H22N2O2. The standard InChI is InChI=1S/C15H22N2O2/c1-5-19-15(2,3)14(18)10-12-11-8-6-7-9-13(11)17(4)16-12/h6-9,14,18H,5,10H2,1-4H3. The van der Waals surface area contributed by atoms with Crippen LogP contribution in [-0.4, -0.2) is 33.2 Å². The number of hydrogen-bond donors (Lipinski definition) is 1. The van der Waals surface area contributed by atoms with Crippen LogP contribution in [0.1, 0.15) is 26.5 Å². The van der Waals surface area contributed by atoms with Crippen molar-refractivity contribution in [3.8, 4) is 0 Å². The van der Waals surface area contributed by atoms with Crippen molar-refractivity contribution in [3.63, 3.8) is 0 Å². The van der Waals surface area contributed by atoms with Gasteiger partial charge in [-0.3, -0.25) is 4.68 Å². The molecule has 2 rings (SSSR count). The first kappa shape index (κ1) is 14.0. The first-order chi connectivity index (χ1) is 8.95. The zero-order chi connectivity index (χ0) is 14.0. The number of hydrogen-bond acceptors (Lipinski definition) is 3. The molecule has 1 unspecified atom stereocenters. The van der Waals surface area contributed by atoms with Gasteiger partial charge in [-0.15, -0.1) is 0 Å². The zero-order valence-electron chi connectivity index (χ0n) is 12.1. The van der Waals surface area contributed by atoms with Gasteiger partial charge >= 0.3 is 0 Å². The van der Waals surface area contributed by atoms with Gasteiger partial charge in [0.2, 0.25) is 0 Å². The molecule has 0 bridgehead atoms. The number of aliphatic hydroxyl groups excluding tert-OH is 1. The lowest BCUT2D eigenvalue weighted by atomic mass is 9.96. The molecule has 0 fully saturated rings. The summed E-state index contributed by atoms with van der Waals surface area (Å²) in [6, 6.07) is 8.06. The number of aliphatic hydroxyl groups is 1. The SMILES string of the molecule is CCOC(C)(C)C(O)Cc1nn(C)c2ccccc12. The van der Waals surface area contributed by atoms with Gasteiger partial charge in [0, 0.05) is 25.5 Å². The van der Waals surface area contributed by atoms with E-state index in [9.17, 15) is 5.11 Å². The van der Waals surface area contributed by atoms with E-state index in [1.165, 1.54) is 0 Å². The number of aromatic nitrogens is 2. The average molecular weight is 262 g/mol. The minimum absolute atomic E-state index is 0.494. The number of rotatable bonds is 5. The maximum Gasteiger partial charge on any atom is 0.0887 e. The molecular weight excluding hydrogens is 240 g/mol. The van der Waals surface area contributed by atoms with Crippen LogP contribution >= 0.6 is 0 Å². The highest BCUT2D eigenvalue weighted by molar-refractivity contribution is 5.81. The van der Waals surface area contributed by atoms with E-state index in [1.54, 1.807) is 0 Å². The Labute approximate surface area is 114 Å². The van der Waals surface area contributed by atoms with Gasteiger partial charge in [0.1, 0.15) is 0 Å². The first-order valence-corrected chi connectivity index (χ1v) is 6.68. The molecule has 1 aromatic carbocycles. The Morgan fingerprint density at radius 2 is 2.05 bits per heavy atom. The molecule has 4 nitrogen and oxygen atoms in total. The van der Waals surface area contributed by atoms with E-state index in [1.807, 2.05) is 56.8 Å². The zero-order valence-corrected chi connectivity index (χ0v) is 12.1. The second-order valence-corrected chi connectivity index (χ2v) is 5.34. The Morgan fingerprint density at radius 3 is 2.74 bits per heavy atom. The van der Waals surface area contributed by atoms with Gasteiger partial charge in [-0.1, -0.05) is 18.2 Å². The van der Waals surface area contributed by atoms with Crippen LogP contribution in [0.3, 0.4) is 0 Å². The summed E-state index contributed by atoms with van der Waals surface area (Å²) >= 11 is 0. The van der Waals surface area contributed by atoms with Gasteiger partial charge in [-0.05, 0) is 26.8 Å². The van der Waals surface area contributed by atoms with Crippen LogP contribution in [0.15, 0.2) is 24.3 Å². The van der Waals surface area contributed by atoms with Gasteiger partial charge in [0.05, 0.1) is 22.9 Å². The third kappa shape index (κ3) is 2.80. The van der Waals surface area contributed by atoms with Crippen LogP contribution < -0.4 is 0 Å². The molecule has 0 aliphatic heterocycles. The van der Waals surface area contributed by atoms with Crippen molar-refractivity contribution in [3.05, 3.63) is 30.0 Å². The lowest BCUT2D eigenvalue weighted by molar-refractivity contribution is -0.0957. The van der Waals surface area contributed by atoms with Crippen LogP contribution in [0.4, 0.5) is 0 Å².